The lowest BCUT2D eigenvalue weighted by atomic mass is 10.0. The number of fused-ring (bicyclic) bond motifs is 1. The van der Waals surface area contributed by atoms with Gasteiger partial charge in [-0.15, -0.1) is 5.10 Å². The van der Waals surface area contributed by atoms with Crippen LogP contribution in [-0.2, 0) is 16.0 Å². The minimum absolute atomic E-state index is 0.139. The van der Waals surface area contributed by atoms with E-state index in [2.05, 4.69) is 20.5 Å². The largest absolute Gasteiger partial charge is 0.456 e. The number of nitrogens with zero attached hydrogens (tertiary/aromatic N) is 6. The molecule has 0 fully saturated rings. The number of Topliss-reactive ketones (excluding diaryl/α,β-unsaturated/α-hetero) is 1. The fourth-order valence-electron chi connectivity index (χ4n) is 4.06. The van der Waals surface area contributed by atoms with Gasteiger partial charge in [-0.25, -0.2) is 4.79 Å². The molecule has 0 amide bonds. The number of hydrogen-bond donors (Lipinski definition) is 1. The first-order valence-corrected chi connectivity index (χ1v) is 11.0. The van der Waals surface area contributed by atoms with Gasteiger partial charge in [-0.2, -0.15) is 4.68 Å². The van der Waals surface area contributed by atoms with Crippen LogP contribution in [0.1, 0.15) is 28.6 Å². The molecule has 0 unspecified atom stereocenters. The smallest absolute Gasteiger partial charge is 0.329 e. The molecule has 0 saturated heterocycles. The Morgan fingerprint density at radius 2 is 2.03 bits per heavy atom. The summed E-state index contributed by atoms with van der Waals surface area (Å²) in [5.74, 6) is -1.12. The molecule has 176 valence electrons. The average molecular weight is 492 g/mol. The predicted octanol–water partition coefficient (Wildman–Crippen LogP) is 2.03. The molecule has 0 radical (unpaired) electrons. The van der Waals surface area contributed by atoms with Crippen LogP contribution in [0.25, 0.3) is 16.8 Å². The molecule has 1 aromatic carbocycles. The number of carbonyl (C=O) groups excluding carboxylic acids is 2. The van der Waals surface area contributed by atoms with Crippen LogP contribution in [0.15, 0.2) is 59.8 Å². The Bertz CT molecular complexity index is 1480. The molecule has 4 aromatic rings. The van der Waals surface area contributed by atoms with Crippen molar-refractivity contribution in [2.24, 2.45) is 0 Å². The van der Waals surface area contributed by atoms with E-state index >= 15 is 0 Å². The van der Waals surface area contributed by atoms with Crippen LogP contribution >= 0.6 is 11.6 Å². The quantitative estimate of drug-likeness (QED) is 0.316. The summed E-state index contributed by atoms with van der Waals surface area (Å²) in [6, 6.07) is 10.6. The normalized spacial score (nSPS) is 14.5. The van der Waals surface area contributed by atoms with Crippen molar-refractivity contribution in [2.75, 3.05) is 12.3 Å². The van der Waals surface area contributed by atoms with Gasteiger partial charge < -0.3 is 10.5 Å². The topological polar surface area (TPSA) is 148 Å². The predicted molar refractivity (Wildman–Crippen MR) is 125 cm³/mol. The summed E-state index contributed by atoms with van der Waals surface area (Å²) in [6.45, 7) is -0.480. The number of halogens is 1. The minimum atomic E-state index is -0.822. The summed E-state index contributed by atoms with van der Waals surface area (Å²) in [5.41, 5.74) is 8.36. The lowest BCUT2D eigenvalue weighted by Gasteiger charge is -2.15. The van der Waals surface area contributed by atoms with E-state index in [4.69, 9.17) is 22.1 Å². The first-order valence-electron chi connectivity index (χ1n) is 10.6. The van der Waals surface area contributed by atoms with Crippen LogP contribution in [0.3, 0.4) is 0 Å². The third-order valence-electron chi connectivity index (χ3n) is 5.69. The van der Waals surface area contributed by atoms with Crippen molar-refractivity contribution in [2.45, 2.75) is 18.9 Å². The summed E-state index contributed by atoms with van der Waals surface area (Å²) in [6.07, 6.45) is 3.66. The highest BCUT2D eigenvalue weighted by molar-refractivity contribution is 6.31. The molecule has 0 spiro atoms. The van der Waals surface area contributed by atoms with Crippen molar-refractivity contribution in [1.82, 2.24) is 29.8 Å². The summed E-state index contributed by atoms with van der Waals surface area (Å²) in [4.78, 5) is 42.0. The maximum Gasteiger partial charge on any atom is 0.329 e. The van der Waals surface area contributed by atoms with Gasteiger partial charge >= 0.3 is 5.97 Å². The number of rotatable bonds is 6. The molecule has 1 aliphatic heterocycles. The van der Waals surface area contributed by atoms with Crippen LogP contribution in [0.4, 0.5) is 5.69 Å². The van der Waals surface area contributed by atoms with Crippen molar-refractivity contribution in [3.8, 4) is 16.8 Å². The van der Waals surface area contributed by atoms with Gasteiger partial charge in [0.1, 0.15) is 18.1 Å². The monoisotopic (exact) mass is 491 g/mol. The summed E-state index contributed by atoms with van der Waals surface area (Å²) in [7, 11) is 0. The van der Waals surface area contributed by atoms with Crippen molar-refractivity contribution in [3.63, 3.8) is 0 Å². The van der Waals surface area contributed by atoms with E-state index in [0.29, 0.717) is 46.1 Å². The first-order chi connectivity index (χ1) is 16.9. The molecular weight excluding hydrogens is 474 g/mol. The van der Waals surface area contributed by atoms with Gasteiger partial charge in [-0.1, -0.05) is 11.6 Å². The number of nitrogens with two attached hydrogens (primary N) is 1. The standard InChI is InChI=1S/C23H18ClN7O4/c24-14-1-5-19(30-12-27-28-29-30)17(9-14)13-7-16-3-6-20(31(16)22(33)8-13)23(34)35-11-21(32)18-4-2-15(25)10-26-18/h1-2,4-5,7-10,12,20H,3,6,11,25H2/t20-/m0/s1. The number of tetrazole rings is 1. The Labute approximate surface area is 203 Å². The minimum Gasteiger partial charge on any atom is -0.456 e. The Kier molecular flexibility index (Phi) is 5.83. The second kappa shape index (κ2) is 9.11. The number of hydrogen-bond acceptors (Lipinski definition) is 9. The van der Waals surface area contributed by atoms with Gasteiger partial charge in [0, 0.05) is 22.3 Å². The van der Waals surface area contributed by atoms with E-state index in [0.717, 1.165) is 0 Å². The molecule has 0 bridgehead atoms. The SMILES string of the molecule is Nc1ccc(C(=O)COC(=O)[C@@H]2CCc3cc(-c4cc(Cl)ccc4-n4cnnn4)cc(=O)n32)nc1. The number of carbonyl (C=O) groups is 2. The van der Waals surface area contributed by atoms with Gasteiger partial charge in [0.05, 0.1) is 17.6 Å². The molecule has 0 saturated carbocycles. The Hall–Kier alpha value is -4.38. The molecule has 4 heterocycles. The maximum atomic E-state index is 13.1. The molecule has 1 aliphatic rings. The maximum absolute atomic E-state index is 13.1. The number of aromatic nitrogens is 6. The summed E-state index contributed by atoms with van der Waals surface area (Å²) in [5, 5.41) is 11.7. The number of pyridine rings is 2. The van der Waals surface area contributed by atoms with Gasteiger partial charge in [0.25, 0.3) is 5.56 Å². The third-order valence-corrected chi connectivity index (χ3v) is 5.92. The van der Waals surface area contributed by atoms with Crippen LogP contribution in [0, 0.1) is 0 Å². The number of nitrogen functional groups attached to an aromatic ring is 1. The number of ether oxygens (including phenoxy) is 1. The zero-order chi connectivity index (χ0) is 24.5. The number of ketones is 1. The number of anilines is 1. The van der Waals surface area contributed by atoms with E-state index in [1.165, 1.54) is 40.0 Å². The number of aryl methyl sites for hydroxylation is 1. The van der Waals surface area contributed by atoms with Gasteiger partial charge in [-0.05, 0) is 65.2 Å². The second-order valence-corrected chi connectivity index (χ2v) is 8.36. The zero-order valence-electron chi connectivity index (χ0n) is 18.2. The van der Waals surface area contributed by atoms with Crippen LogP contribution in [0.2, 0.25) is 5.02 Å². The molecule has 5 rings (SSSR count). The lowest BCUT2D eigenvalue weighted by Crippen LogP contribution is -2.29. The molecule has 2 N–H and O–H groups in total. The van der Waals surface area contributed by atoms with E-state index in [1.807, 2.05) is 6.07 Å². The van der Waals surface area contributed by atoms with Gasteiger partial charge in [0.2, 0.25) is 5.78 Å². The lowest BCUT2D eigenvalue weighted by molar-refractivity contribution is -0.146. The van der Waals surface area contributed by atoms with Crippen LogP contribution in [-0.4, -0.2) is 48.1 Å². The Balaban J connectivity index is 1.39. The molecule has 3 aromatic heterocycles. The van der Waals surface area contributed by atoms with Crippen molar-refractivity contribution < 1.29 is 14.3 Å². The first kappa shape index (κ1) is 22.4. The van der Waals surface area contributed by atoms with E-state index in [9.17, 15) is 14.4 Å². The second-order valence-electron chi connectivity index (χ2n) is 7.92. The number of benzene rings is 1. The van der Waals surface area contributed by atoms with E-state index in [-0.39, 0.29) is 11.3 Å². The Morgan fingerprint density at radius 1 is 1.17 bits per heavy atom. The third kappa shape index (κ3) is 4.41. The molecule has 12 heteroatoms. The highest BCUT2D eigenvalue weighted by Gasteiger charge is 2.31. The fourth-order valence-corrected chi connectivity index (χ4v) is 4.23. The average Bonchev–Trinajstić information content (AvgIpc) is 3.53. The fraction of sp³-hybridized carbons (Fsp3) is 0.174. The van der Waals surface area contributed by atoms with Gasteiger partial charge in [-0.3, -0.25) is 19.1 Å². The molecule has 35 heavy (non-hydrogen) atoms. The van der Waals surface area contributed by atoms with Crippen LogP contribution in [0.5, 0.6) is 0 Å². The highest BCUT2D eigenvalue weighted by atomic mass is 35.5. The molecule has 11 nitrogen and oxygen atoms in total. The zero-order valence-corrected chi connectivity index (χ0v) is 18.9. The summed E-state index contributed by atoms with van der Waals surface area (Å²) >= 11 is 6.22. The number of esters is 1. The molecular formula is C23H18ClN7O4. The molecule has 1 atom stereocenters. The van der Waals surface area contributed by atoms with Crippen molar-refractivity contribution in [1.29, 1.82) is 0 Å². The van der Waals surface area contributed by atoms with Gasteiger partial charge in [0.15, 0.2) is 6.61 Å². The van der Waals surface area contributed by atoms with Crippen LogP contribution < -0.4 is 11.3 Å². The van der Waals surface area contributed by atoms with Crippen molar-refractivity contribution in [3.05, 3.63) is 81.8 Å². The van der Waals surface area contributed by atoms with Crippen molar-refractivity contribution >= 4 is 29.0 Å². The molecule has 0 aliphatic carbocycles. The van der Waals surface area contributed by atoms with E-state index < -0.39 is 24.4 Å². The highest BCUT2D eigenvalue weighted by Crippen LogP contribution is 2.32. The Morgan fingerprint density at radius 3 is 2.77 bits per heavy atom. The summed E-state index contributed by atoms with van der Waals surface area (Å²) < 4.78 is 8.10. The van der Waals surface area contributed by atoms with E-state index in [1.54, 1.807) is 18.2 Å².